The largest absolute Gasteiger partial charge is 0.376 e. The molecule has 1 aromatic rings. The standard InChI is InChI=1S/C14H19F2N5/c1-14(6-19-8-17,7-21(2)10-20-9-18)12-4-3-11(15)5-13(12)16/h3-5,8-10,18H,6-7H2,1-2H3,(H2,17,19)/b18-9?,20-10-. The lowest BCUT2D eigenvalue weighted by Crippen LogP contribution is -2.44. The van der Waals surface area contributed by atoms with Crippen LogP contribution in [0.4, 0.5) is 8.78 Å². The first-order valence-electron chi connectivity index (χ1n) is 6.33. The number of hydrogen-bond donors (Lipinski definition) is 3. The van der Waals surface area contributed by atoms with Crippen LogP contribution in [0.2, 0.25) is 0 Å². The molecule has 7 heteroatoms. The van der Waals surface area contributed by atoms with Gasteiger partial charge in [0.2, 0.25) is 0 Å². The highest BCUT2D eigenvalue weighted by atomic mass is 19.1. The van der Waals surface area contributed by atoms with Crippen LogP contribution in [-0.4, -0.2) is 44.1 Å². The topological polar surface area (TPSA) is 75.3 Å². The molecule has 0 amide bonds. The van der Waals surface area contributed by atoms with Gasteiger partial charge in [-0.1, -0.05) is 13.0 Å². The fourth-order valence-corrected chi connectivity index (χ4v) is 2.23. The minimum atomic E-state index is -0.696. The molecule has 1 rings (SSSR count). The molecule has 0 saturated heterocycles. The predicted molar refractivity (Wildman–Crippen MR) is 80.4 cm³/mol. The van der Waals surface area contributed by atoms with Crippen molar-refractivity contribution in [2.45, 2.75) is 12.3 Å². The third-order valence-electron chi connectivity index (χ3n) is 3.11. The quantitative estimate of drug-likeness (QED) is 0.507. The van der Waals surface area contributed by atoms with Gasteiger partial charge in [-0.2, -0.15) is 0 Å². The van der Waals surface area contributed by atoms with Crippen LogP contribution in [-0.2, 0) is 5.41 Å². The van der Waals surface area contributed by atoms with E-state index in [0.29, 0.717) is 18.7 Å². The van der Waals surface area contributed by atoms with Crippen LogP contribution in [0.3, 0.4) is 0 Å². The van der Waals surface area contributed by atoms with E-state index in [2.05, 4.69) is 10.3 Å². The molecule has 0 radical (unpaired) electrons. The molecule has 0 heterocycles. The van der Waals surface area contributed by atoms with Crippen molar-refractivity contribution in [1.29, 1.82) is 10.8 Å². The average molecular weight is 295 g/mol. The van der Waals surface area contributed by atoms with E-state index in [4.69, 9.17) is 10.8 Å². The smallest absolute Gasteiger partial charge is 0.130 e. The minimum Gasteiger partial charge on any atom is -0.376 e. The molecule has 0 saturated carbocycles. The lowest BCUT2D eigenvalue weighted by Gasteiger charge is -2.33. The maximum atomic E-state index is 14.1. The van der Waals surface area contributed by atoms with Gasteiger partial charge in [0.1, 0.15) is 18.0 Å². The Kier molecular flexibility index (Phi) is 5.95. The predicted octanol–water partition coefficient (Wildman–Crippen LogP) is 1.99. The first-order chi connectivity index (χ1) is 9.92. The van der Waals surface area contributed by atoms with Gasteiger partial charge < -0.3 is 10.2 Å². The maximum absolute atomic E-state index is 14.1. The zero-order chi connectivity index (χ0) is 15.9. The molecule has 0 aliphatic carbocycles. The second kappa shape index (κ2) is 7.47. The van der Waals surface area contributed by atoms with Crippen molar-refractivity contribution >= 4 is 19.0 Å². The molecule has 0 bridgehead atoms. The lowest BCUT2D eigenvalue weighted by molar-refractivity contribution is 0.341. The van der Waals surface area contributed by atoms with Crippen LogP contribution in [0.5, 0.6) is 0 Å². The summed E-state index contributed by atoms with van der Waals surface area (Å²) in [5.74, 6) is -1.25. The van der Waals surface area contributed by atoms with E-state index in [0.717, 1.165) is 18.7 Å². The highest BCUT2D eigenvalue weighted by Crippen LogP contribution is 2.27. The highest BCUT2D eigenvalue weighted by molar-refractivity contribution is 5.69. The van der Waals surface area contributed by atoms with Crippen molar-refractivity contribution < 1.29 is 8.78 Å². The zero-order valence-electron chi connectivity index (χ0n) is 12.0. The molecule has 1 aromatic carbocycles. The van der Waals surface area contributed by atoms with Gasteiger partial charge in [-0.05, 0) is 11.6 Å². The van der Waals surface area contributed by atoms with Gasteiger partial charge in [0.05, 0.1) is 12.7 Å². The van der Waals surface area contributed by atoms with Gasteiger partial charge in [-0.3, -0.25) is 10.8 Å². The number of hydrogen-bond acceptors (Lipinski definition) is 2. The summed E-state index contributed by atoms with van der Waals surface area (Å²) in [5.41, 5.74) is -0.341. The second-order valence-electron chi connectivity index (χ2n) is 5.02. The van der Waals surface area contributed by atoms with Gasteiger partial charge in [0.25, 0.3) is 0 Å². The van der Waals surface area contributed by atoms with Crippen molar-refractivity contribution in [3.63, 3.8) is 0 Å². The fraction of sp³-hybridized carbons (Fsp3) is 0.357. The van der Waals surface area contributed by atoms with Crippen LogP contribution >= 0.6 is 0 Å². The van der Waals surface area contributed by atoms with E-state index >= 15 is 0 Å². The molecule has 5 nitrogen and oxygen atoms in total. The molecule has 3 N–H and O–H groups in total. The van der Waals surface area contributed by atoms with Gasteiger partial charge >= 0.3 is 0 Å². The summed E-state index contributed by atoms with van der Waals surface area (Å²) in [5, 5.41) is 16.7. The zero-order valence-corrected chi connectivity index (χ0v) is 12.0. The normalized spacial score (nSPS) is 13.7. The van der Waals surface area contributed by atoms with Crippen LogP contribution < -0.4 is 5.32 Å². The maximum Gasteiger partial charge on any atom is 0.130 e. The number of halogens is 2. The van der Waals surface area contributed by atoms with Crippen molar-refractivity contribution in [2.75, 3.05) is 20.1 Å². The number of benzene rings is 1. The Morgan fingerprint density at radius 2 is 2.10 bits per heavy atom. The number of nitrogens with one attached hydrogen (secondary N) is 3. The minimum absolute atomic E-state index is 0.307. The number of nitrogens with zero attached hydrogens (tertiary/aromatic N) is 2. The third kappa shape index (κ3) is 4.62. The summed E-state index contributed by atoms with van der Waals surface area (Å²) < 4.78 is 27.1. The Morgan fingerprint density at radius 1 is 1.38 bits per heavy atom. The summed E-state index contributed by atoms with van der Waals surface area (Å²) in [4.78, 5) is 5.40. The van der Waals surface area contributed by atoms with Crippen LogP contribution in [0.25, 0.3) is 0 Å². The summed E-state index contributed by atoms with van der Waals surface area (Å²) in [6.07, 6.45) is 3.39. The fourth-order valence-electron chi connectivity index (χ4n) is 2.23. The molecular weight excluding hydrogens is 276 g/mol. The molecule has 0 aliphatic heterocycles. The number of likely N-dealkylation sites (N-methyl/N-ethyl adjacent to an activating group) is 1. The SMILES string of the molecule is CN(/C=N\C=N)CC(C)(CNC=N)c1ccc(F)cc1F. The molecule has 1 unspecified atom stereocenters. The summed E-state index contributed by atoms with van der Waals surface area (Å²) in [7, 11) is 1.75. The molecule has 0 fully saturated rings. The average Bonchev–Trinajstić information content (AvgIpc) is 2.42. The molecule has 1 atom stereocenters. The van der Waals surface area contributed by atoms with Crippen LogP contribution in [0.15, 0.2) is 23.2 Å². The third-order valence-corrected chi connectivity index (χ3v) is 3.11. The lowest BCUT2D eigenvalue weighted by atomic mass is 9.81. The molecule has 0 aromatic heterocycles. The Balaban J connectivity index is 3.09. The van der Waals surface area contributed by atoms with Crippen LogP contribution in [0, 0.1) is 22.5 Å². The molecule has 0 aliphatic rings. The molecule has 21 heavy (non-hydrogen) atoms. The first kappa shape index (κ1) is 16.7. The van der Waals surface area contributed by atoms with Crippen molar-refractivity contribution in [1.82, 2.24) is 10.2 Å². The van der Waals surface area contributed by atoms with E-state index in [1.54, 1.807) is 11.9 Å². The van der Waals surface area contributed by atoms with Crippen molar-refractivity contribution in [3.8, 4) is 0 Å². The second-order valence-corrected chi connectivity index (χ2v) is 5.02. The first-order valence-corrected chi connectivity index (χ1v) is 6.33. The Bertz CT molecular complexity index is 532. The number of aliphatic imine (C=N–C) groups is 1. The summed E-state index contributed by atoms with van der Waals surface area (Å²) in [6.45, 7) is 2.50. The monoisotopic (exact) mass is 295 g/mol. The van der Waals surface area contributed by atoms with Gasteiger partial charge in [-0.15, -0.1) is 0 Å². The Morgan fingerprint density at radius 3 is 2.67 bits per heavy atom. The van der Waals surface area contributed by atoms with Gasteiger partial charge in [0.15, 0.2) is 0 Å². The highest BCUT2D eigenvalue weighted by Gasteiger charge is 2.30. The molecule has 114 valence electrons. The molecular formula is C14H19F2N5. The van der Waals surface area contributed by atoms with Crippen LogP contribution in [0.1, 0.15) is 12.5 Å². The van der Waals surface area contributed by atoms with Crippen molar-refractivity contribution in [3.05, 3.63) is 35.4 Å². The van der Waals surface area contributed by atoms with Gasteiger partial charge in [-0.25, -0.2) is 13.8 Å². The molecule has 0 spiro atoms. The van der Waals surface area contributed by atoms with E-state index in [9.17, 15) is 8.78 Å². The van der Waals surface area contributed by atoms with E-state index in [1.807, 2.05) is 6.92 Å². The van der Waals surface area contributed by atoms with Gasteiger partial charge in [0, 0.05) is 31.6 Å². The van der Waals surface area contributed by atoms with E-state index in [1.165, 1.54) is 18.5 Å². The summed E-state index contributed by atoms with van der Waals surface area (Å²) in [6, 6.07) is 3.48. The van der Waals surface area contributed by atoms with E-state index in [-0.39, 0.29) is 0 Å². The van der Waals surface area contributed by atoms with E-state index < -0.39 is 17.0 Å². The Hall–Kier alpha value is -2.31. The van der Waals surface area contributed by atoms with Crippen molar-refractivity contribution in [2.24, 2.45) is 4.99 Å². The number of rotatable bonds is 8. The summed E-state index contributed by atoms with van der Waals surface area (Å²) >= 11 is 0. The Labute approximate surface area is 122 Å².